The Balaban J connectivity index is 2.45. The summed E-state index contributed by atoms with van der Waals surface area (Å²) in [7, 11) is 0. The molecule has 1 aromatic heterocycles. The molecule has 0 bridgehead atoms. The van der Waals surface area contributed by atoms with Gasteiger partial charge in [0.1, 0.15) is 0 Å². The van der Waals surface area contributed by atoms with E-state index < -0.39 is 4.92 Å². The molecule has 0 fully saturated rings. The van der Waals surface area contributed by atoms with Crippen molar-refractivity contribution >= 4 is 32.5 Å². The lowest BCUT2D eigenvalue weighted by molar-refractivity contribution is -0.384. The first kappa shape index (κ1) is 13.5. The number of pyridine rings is 1. The highest BCUT2D eigenvalue weighted by Gasteiger charge is 2.15. The van der Waals surface area contributed by atoms with Crippen LogP contribution in [-0.2, 0) is 0 Å². The lowest BCUT2D eigenvalue weighted by atomic mass is 10.0. The Morgan fingerprint density at radius 2 is 1.81 bits per heavy atom. The minimum absolute atomic E-state index is 0.0152. The molecule has 6 heteroatoms. The smallest absolute Gasteiger partial charge is 0.270 e. The van der Waals surface area contributed by atoms with Gasteiger partial charge in [-0.05, 0) is 27.6 Å². The number of hydrogen-bond acceptors (Lipinski definition) is 3. The summed E-state index contributed by atoms with van der Waals surface area (Å²) >= 11 is 3.29. The summed E-state index contributed by atoms with van der Waals surface area (Å²) in [6.07, 6.45) is 0. The topological polar surface area (TPSA) is 76.0 Å². The van der Waals surface area contributed by atoms with E-state index in [0.29, 0.717) is 20.9 Å². The monoisotopic (exact) mass is 344 g/mol. The maximum Gasteiger partial charge on any atom is 0.270 e. The van der Waals surface area contributed by atoms with Crippen molar-refractivity contribution < 1.29 is 4.92 Å². The Bertz CT molecular complexity index is 904. The minimum atomic E-state index is -0.451. The van der Waals surface area contributed by atoms with E-state index in [0.717, 1.165) is 5.56 Å². The SMILES string of the molecule is O=c1[nH]c2ccc([N+](=O)[O-])cc2c(-c2ccccc2)c1Br. The molecule has 0 amide bonds. The number of fused-ring (bicyclic) bond motifs is 1. The molecular weight excluding hydrogens is 336 g/mol. The average molecular weight is 345 g/mol. The molecule has 104 valence electrons. The summed E-state index contributed by atoms with van der Waals surface area (Å²) in [5.41, 5.74) is 1.75. The third-order valence-corrected chi connectivity index (χ3v) is 3.97. The molecule has 0 saturated carbocycles. The van der Waals surface area contributed by atoms with Crippen LogP contribution in [0.1, 0.15) is 0 Å². The van der Waals surface area contributed by atoms with Gasteiger partial charge in [0.25, 0.3) is 11.2 Å². The van der Waals surface area contributed by atoms with Crippen LogP contribution >= 0.6 is 15.9 Å². The molecule has 0 spiro atoms. The second-order valence-corrected chi connectivity index (χ2v) is 5.29. The number of non-ortho nitro benzene ring substituents is 1. The van der Waals surface area contributed by atoms with Gasteiger partial charge in [0.15, 0.2) is 0 Å². The maximum absolute atomic E-state index is 12.0. The number of nitrogens with zero attached hydrogens (tertiary/aromatic N) is 1. The predicted octanol–water partition coefficient (Wildman–Crippen LogP) is 3.87. The van der Waals surface area contributed by atoms with Gasteiger partial charge >= 0.3 is 0 Å². The first-order valence-electron chi connectivity index (χ1n) is 6.13. The number of aromatic amines is 1. The van der Waals surface area contributed by atoms with Crippen molar-refractivity contribution in [3.8, 4) is 11.1 Å². The van der Waals surface area contributed by atoms with Crippen molar-refractivity contribution in [2.24, 2.45) is 0 Å². The fraction of sp³-hybridized carbons (Fsp3) is 0. The molecule has 2 aromatic carbocycles. The van der Waals surface area contributed by atoms with Gasteiger partial charge in [-0.25, -0.2) is 0 Å². The van der Waals surface area contributed by atoms with E-state index >= 15 is 0 Å². The quantitative estimate of drug-likeness (QED) is 0.566. The number of rotatable bonds is 2. The molecule has 1 N–H and O–H groups in total. The van der Waals surface area contributed by atoms with E-state index in [-0.39, 0.29) is 11.2 Å². The van der Waals surface area contributed by atoms with Crippen LogP contribution < -0.4 is 5.56 Å². The standard InChI is InChI=1S/C15H9BrN2O3/c16-14-13(9-4-2-1-3-5-9)11-8-10(18(20)21)6-7-12(11)17-15(14)19/h1-8H,(H,17,19). The Kier molecular flexibility index (Phi) is 3.31. The Labute approximate surface area is 127 Å². The number of nitro benzene ring substituents is 1. The molecule has 0 atom stereocenters. The Morgan fingerprint density at radius 3 is 2.48 bits per heavy atom. The van der Waals surface area contributed by atoms with Crippen molar-refractivity contribution in [1.82, 2.24) is 4.98 Å². The van der Waals surface area contributed by atoms with Gasteiger partial charge in [-0.2, -0.15) is 0 Å². The van der Waals surface area contributed by atoms with Crippen LogP contribution in [0.4, 0.5) is 5.69 Å². The van der Waals surface area contributed by atoms with Crippen LogP contribution in [-0.4, -0.2) is 9.91 Å². The van der Waals surface area contributed by atoms with Gasteiger partial charge in [0, 0.05) is 28.6 Å². The molecule has 0 aliphatic heterocycles. The summed E-state index contributed by atoms with van der Waals surface area (Å²) in [5, 5.41) is 11.6. The van der Waals surface area contributed by atoms with Crippen molar-refractivity contribution in [1.29, 1.82) is 0 Å². The fourth-order valence-corrected chi connectivity index (χ4v) is 2.80. The molecular formula is C15H9BrN2O3. The molecule has 1 heterocycles. The highest BCUT2D eigenvalue weighted by Crippen LogP contribution is 2.33. The van der Waals surface area contributed by atoms with E-state index in [9.17, 15) is 14.9 Å². The minimum Gasteiger partial charge on any atom is -0.321 e. The molecule has 0 aliphatic rings. The maximum atomic E-state index is 12.0. The van der Waals surface area contributed by atoms with Crippen LogP contribution in [0.25, 0.3) is 22.0 Å². The van der Waals surface area contributed by atoms with Crippen LogP contribution in [0.2, 0.25) is 0 Å². The summed E-state index contributed by atoms with van der Waals surface area (Å²) in [4.78, 5) is 25.2. The third-order valence-electron chi connectivity index (χ3n) is 3.21. The van der Waals surface area contributed by atoms with Gasteiger partial charge in [-0.1, -0.05) is 30.3 Å². The summed E-state index contributed by atoms with van der Waals surface area (Å²) < 4.78 is 0.363. The van der Waals surface area contributed by atoms with Gasteiger partial charge in [-0.3, -0.25) is 14.9 Å². The van der Waals surface area contributed by atoms with Crippen LogP contribution in [0.3, 0.4) is 0 Å². The number of halogens is 1. The highest BCUT2D eigenvalue weighted by atomic mass is 79.9. The Morgan fingerprint density at radius 1 is 1.10 bits per heavy atom. The highest BCUT2D eigenvalue weighted by molar-refractivity contribution is 9.10. The summed E-state index contributed by atoms with van der Waals surface area (Å²) in [5.74, 6) is 0. The van der Waals surface area contributed by atoms with Crippen molar-refractivity contribution in [3.63, 3.8) is 0 Å². The molecule has 0 aliphatic carbocycles. The van der Waals surface area contributed by atoms with Crippen LogP contribution in [0.15, 0.2) is 57.8 Å². The lowest BCUT2D eigenvalue weighted by Crippen LogP contribution is -2.08. The molecule has 0 saturated heterocycles. The lowest BCUT2D eigenvalue weighted by Gasteiger charge is -2.09. The molecule has 5 nitrogen and oxygen atoms in total. The Hall–Kier alpha value is -2.47. The zero-order valence-corrected chi connectivity index (χ0v) is 12.3. The predicted molar refractivity (Wildman–Crippen MR) is 84.4 cm³/mol. The first-order valence-corrected chi connectivity index (χ1v) is 6.92. The summed E-state index contributed by atoms with van der Waals surface area (Å²) in [6.45, 7) is 0. The fourth-order valence-electron chi connectivity index (χ4n) is 2.26. The number of nitrogens with one attached hydrogen (secondary N) is 1. The van der Waals surface area contributed by atoms with E-state index in [4.69, 9.17) is 0 Å². The number of aromatic nitrogens is 1. The van der Waals surface area contributed by atoms with E-state index in [1.54, 1.807) is 6.07 Å². The van der Waals surface area contributed by atoms with E-state index in [1.165, 1.54) is 12.1 Å². The molecule has 0 unspecified atom stereocenters. The second kappa shape index (κ2) is 5.14. The van der Waals surface area contributed by atoms with E-state index in [2.05, 4.69) is 20.9 Å². The third kappa shape index (κ3) is 2.34. The van der Waals surface area contributed by atoms with Gasteiger partial charge in [0.2, 0.25) is 0 Å². The first-order chi connectivity index (χ1) is 10.1. The van der Waals surface area contributed by atoms with Gasteiger partial charge < -0.3 is 4.98 Å². The molecule has 3 aromatic rings. The number of benzene rings is 2. The van der Waals surface area contributed by atoms with Gasteiger partial charge in [0.05, 0.1) is 9.40 Å². The van der Waals surface area contributed by atoms with Crippen LogP contribution in [0.5, 0.6) is 0 Å². The normalized spacial score (nSPS) is 10.7. The number of H-pyrrole nitrogens is 1. The van der Waals surface area contributed by atoms with Gasteiger partial charge in [-0.15, -0.1) is 0 Å². The zero-order valence-electron chi connectivity index (χ0n) is 10.7. The molecule has 0 radical (unpaired) electrons. The molecule has 3 rings (SSSR count). The zero-order chi connectivity index (χ0) is 15.0. The molecule has 21 heavy (non-hydrogen) atoms. The van der Waals surface area contributed by atoms with Crippen molar-refractivity contribution in [3.05, 3.63) is 73.5 Å². The van der Waals surface area contributed by atoms with Crippen molar-refractivity contribution in [2.75, 3.05) is 0 Å². The summed E-state index contributed by atoms with van der Waals surface area (Å²) in [6, 6.07) is 13.7. The second-order valence-electron chi connectivity index (χ2n) is 4.50. The van der Waals surface area contributed by atoms with E-state index in [1.807, 2.05) is 30.3 Å². The van der Waals surface area contributed by atoms with Crippen LogP contribution in [0, 0.1) is 10.1 Å². The largest absolute Gasteiger partial charge is 0.321 e. The number of hydrogen-bond donors (Lipinski definition) is 1. The van der Waals surface area contributed by atoms with Crippen molar-refractivity contribution in [2.45, 2.75) is 0 Å². The number of nitro groups is 1. The average Bonchev–Trinajstić information content (AvgIpc) is 2.49.